The fraction of sp³-hybridized carbons (Fsp3) is 0.0455. The number of hydrogen-bond acceptors (Lipinski definition) is 5. The number of carbonyl (C=O) groups is 2. The van der Waals surface area contributed by atoms with E-state index in [1.807, 2.05) is 23.6 Å². The van der Waals surface area contributed by atoms with Crippen molar-refractivity contribution in [3.8, 4) is 11.3 Å². The second-order valence-corrected chi connectivity index (χ2v) is 7.33. The lowest BCUT2D eigenvalue weighted by Crippen LogP contribution is -2.08. The van der Waals surface area contributed by atoms with Gasteiger partial charge in [-0.3, -0.25) is 4.79 Å². The van der Waals surface area contributed by atoms with Crippen molar-refractivity contribution in [2.24, 2.45) is 0 Å². The van der Waals surface area contributed by atoms with Gasteiger partial charge in [0.15, 0.2) is 5.13 Å². The van der Waals surface area contributed by atoms with Gasteiger partial charge in [-0.15, -0.1) is 11.3 Å². The number of rotatable bonds is 5. The molecule has 0 saturated carbocycles. The van der Waals surface area contributed by atoms with Crippen molar-refractivity contribution in [3.63, 3.8) is 0 Å². The lowest BCUT2D eigenvalue weighted by Gasteiger charge is -2.10. The van der Waals surface area contributed by atoms with Crippen LogP contribution >= 0.6 is 11.3 Å². The molecule has 4 aromatic rings. The molecule has 3 aromatic carbocycles. The summed E-state index contributed by atoms with van der Waals surface area (Å²) >= 11 is 1.39. The number of hydrogen-bond donors (Lipinski definition) is 3. The van der Waals surface area contributed by atoms with E-state index in [-0.39, 0.29) is 11.5 Å². The second kappa shape index (κ2) is 7.73. The zero-order valence-electron chi connectivity index (χ0n) is 15.5. The van der Waals surface area contributed by atoms with Gasteiger partial charge in [-0.2, -0.15) is 0 Å². The van der Waals surface area contributed by atoms with Gasteiger partial charge in [0.05, 0.1) is 16.9 Å². The number of carboxylic acid groups (broad SMARTS) is 1. The lowest BCUT2D eigenvalue weighted by molar-refractivity contribution is -0.114. The number of thiazole rings is 1. The number of aromatic carboxylic acids is 1. The standard InChI is InChI=1S/C22H17N3O3S/c1-13(26)23-17-8-9-19(18(11-17)21(27)28)24-22-25-20(12-29-22)16-7-6-14-4-2-3-5-15(14)10-16/h2-12H,1H3,(H,23,26)(H,24,25)(H,27,28). The molecule has 144 valence electrons. The number of aromatic nitrogens is 1. The first-order valence-electron chi connectivity index (χ1n) is 8.86. The van der Waals surface area contributed by atoms with Crippen molar-refractivity contribution in [3.05, 3.63) is 71.6 Å². The second-order valence-electron chi connectivity index (χ2n) is 6.47. The first-order valence-corrected chi connectivity index (χ1v) is 9.74. The number of benzene rings is 3. The van der Waals surface area contributed by atoms with Gasteiger partial charge >= 0.3 is 5.97 Å². The molecule has 0 atom stereocenters. The van der Waals surface area contributed by atoms with E-state index < -0.39 is 5.97 Å². The molecule has 0 unspecified atom stereocenters. The molecule has 3 N–H and O–H groups in total. The molecule has 1 aromatic heterocycles. The van der Waals surface area contributed by atoms with Gasteiger partial charge in [0.2, 0.25) is 5.91 Å². The Morgan fingerprint density at radius 3 is 2.55 bits per heavy atom. The van der Waals surface area contributed by atoms with Crippen LogP contribution in [0.15, 0.2) is 66.0 Å². The zero-order chi connectivity index (χ0) is 20.4. The Morgan fingerprint density at radius 1 is 1.00 bits per heavy atom. The summed E-state index contributed by atoms with van der Waals surface area (Å²) in [5.74, 6) is -1.35. The number of carbonyl (C=O) groups excluding carboxylic acids is 1. The average Bonchev–Trinajstić information content (AvgIpc) is 3.17. The van der Waals surface area contributed by atoms with Crippen LogP contribution in [0.4, 0.5) is 16.5 Å². The molecule has 7 heteroatoms. The molecule has 4 rings (SSSR count). The Hall–Kier alpha value is -3.71. The summed E-state index contributed by atoms with van der Waals surface area (Å²) in [6, 6.07) is 19.0. The average molecular weight is 403 g/mol. The molecule has 0 aliphatic carbocycles. The smallest absolute Gasteiger partial charge is 0.337 e. The summed E-state index contributed by atoms with van der Waals surface area (Å²) in [5, 5.41) is 20.0. The maximum absolute atomic E-state index is 11.6. The van der Waals surface area contributed by atoms with Gasteiger partial charge in [0.25, 0.3) is 0 Å². The molecule has 0 saturated heterocycles. The minimum absolute atomic E-state index is 0.0544. The zero-order valence-corrected chi connectivity index (χ0v) is 16.3. The van der Waals surface area contributed by atoms with Gasteiger partial charge < -0.3 is 15.7 Å². The number of amides is 1. The van der Waals surface area contributed by atoms with Crippen molar-refractivity contribution < 1.29 is 14.7 Å². The Bertz CT molecular complexity index is 1230. The molecule has 29 heavy (non-hydrogen) atoms. The molecule has 0 fully saturated rings. The predicted octanol–water partition coefficient (Wildman–Crippen LogP) is 5.36. The van der Waals surface area contributed by atoms with Crippen LogP contribution < -0.4 is 10.6 Å². The van der Waals surface area contributed by atoms with E-state index in [1.54, 1.807) is 12.1 Å². The number of fused-ring (bicyclic) bond motifs is 1. The van der Waals surface area contributed by atoms with Crippen LogP contribution in [0.5, 0.6) is 0 Å². The van der Waals surface area contributed by atoms with Gasteiger partial charge in [0.1, 0.15) is 0 Å². The van der Waals surface area contributed by atoms with E-state index in [2.05, 4.69) is 39.9 Å². The third-order valence-electron chi connectivity index (χ3n) is 4.36. The molecule has 6 nitrogen and oxygen atoms in total. The third kappa shape index (κ3) is 4.09. The van der Waals surface area contributed by atoms with E-state index in [4.69, 9.17) is 0 Å². The Morgan fingerprint density at radius 2 is 1.79 bits per heavy atom. The molecular weight excluding hydrogens is 386 g/mol. The molecule has 1 heterocycles. The molecule has 1 amide bonds. The van der Waals surface area contributed by atoms with Crippen molar-refractivity contribution in [2.75, 3.05) is 10.6 Å². The number of anilines is 3. The number of nitrogens with one attached hydrogen (secondary N) is 2. The summed E-state index contributed by atoms with van der Waals surface area (Å²) in [7, 11) is 0. The van der Waals surface area contributed by atoms with Crippen LogP contribution in [0.3, 0.4) is 0 Å². The fourth-order valence-electron chi connectivity index (χ4n) is 3.04. The highest BCUT2D eigenvalue weighted by Gasteiger charge is 2.14. The highest BCUT2D eigenvalue weighted by molar-refractivity contribution is 7.14. The molecule has 0 spiro atoms. The van der Waals surface area contributed by atoms with Crippen LogP contribution in [0.25, 0.3) is 22.0 Å². The normalized spacial score (nSPS) is 10.7. The maximum Gasteiger partial charge on any atom is 0.337 e. The highest BCUT2D eigenvalue weighted by atomic mass is 32.1. The van der Waals surface area contributed by atoms with E-state index >= 15 is 0 Å². The maximum atomic E-state index is 11.6. The summed E-state index contributed by atoms with van der Waals surface area (Å²) in [6.45, 7) is 1.37. The van der Waals surface area contributed by atoms with Crippen LogP contribution in [-0.2, 0) is 4.79 Å². The number of nitrogens with zero attached hydrogens (tertiary/aromatic N) is 1. The van der Waals surface area contributed by atoms with Crippen LogP contribution in [0.2, 0.25) is 0 Å². The van der Waals surface area contributed by atoms with E-state index in [0.29, 0.717) is 16.5 Å². The molecule has 0 radical (unpaired) electrons. The summed E-state index contributed by atoms with van der Waals surface area (Å²) in [4.78, 5) is 27.4. The van der Waals surface area contributed by atoms with E-state index in [1.165, 1.54) is 24.3 Å². The van der Waals surface area contributed by atoms with Gasteiger partial charge in [-0.1, -0.05) is 36.4 Å². The predicted molar refractivity (Wildman–Crippen MR) is 116 cm³/mol. The Kier molecular flexibility index (Phi) is 4.97. The summed E-state index contributed by atoms with van der Waals surface area (Å²) in [6.07, 6.45) is 0. The Labute approximate surface area is 170 Å². The molecule has 0 aliphatic heterocycles. The molecule has 0 bridgehead atoms. The van der Waals surface area contributed by atoms with Crippen molar-refractivity contribution in [1.82, 2.24) is 4.98 Å². The lowest BCUT2D eigenvalue weighted by atomic mass is 10.1. The first kappa shape index (κ1) is 18.6. The van der Waals surface area contributed by atoms with Gasteiger partial charge in [0, 0.05) is 23.6 Å². The topological polar surface area (TPSA) is 91.3 Å². The van der Waals surface area contributed by atoms with Crippen LogP contribution in [-0.4, -0.2) is 22.0 Å². The number of carboxylic acids is 1. The summed E-state index contributed by atoms with van der Waals surface area (Å²) < 4.78 is 0. The largest absolute Gasteiger partial charge is 0.478 e. The first-order chi connectivity index (χ1) is 14.0. The quantitative estimate of drug-likeness (QED) is 0.417. The SMILES string of the molecule is CC(=O)Nc1ccc(Nc2nc(-c3ccc4ccccc4c3)cs2)c(C(=O)O)c1. The van der Waals surface area contributed by atoms with Crippen molar-refractivity contribution in [1.29, 1.82) is 0 Å². The van der Waals surface area contributed by atoms with Crippen molar-refractivity contribution in [2.45, 2.75) is 6.92 Å². The minimum Gasteiger partial charge on any atom is -0.478 e. The third-order valence-corrected chi connectivity index (χ3v) is 5.12. The molecular formula is C22H17N3O3S. The monoisotopic (exact) mass is 403 g/mol. The van der Waals surface area contributed by atoms with Gasteiger partial charge in [-0.25, -0.2) is 9.78 Å². The van der Waals surface area contributed by atoms with Crippen molar-refractivity contribution >= 4 is 50.5 Å². The van der Waals surface area contributed by atoms with Crippen LogP contribution in [0, 0.1) is 0 Å². The minimum atomic E-state index is -1.09. The molecule has 0 aliphatic rings. The fourth-order valence-corrected chi connectivity index (χ4v) is 3.77. The van der Waals surface area contributed by atoms with Gasteiger partial charge in [-0.05, 0) is 35.0 Å². The summed E-state index contributed by atoms with van der Waals surface area (Å²) in [5.41, 5.74) is 2.70. The van der Waals surface area contributed by atoms with E-state index in [0.717, 1.165) is 22.0 Å². The van der Waals surface area contributed by atoms with E-state index in [9.17, 15) is 14.7 Å². The van der Waals surface area contributed by atoms with Crippen LogP contribution in [0.1, 0.15) is 17.3 Å². The Balaban J connectivity index is 1.61. The highest BCUT2D eigenvalue weighted by Crippen LogP contribution is 2.31.